The molecule has 0 aliphatic heterocycles. The van der Waals surface area contributed by atoms with Crippen molar-refractivity contribution in [1.29, 1.82) is 0 Å². The van der Waals surface area contributed by atoms with E-state index >= 15 is 0 Å². The first-order chi connectivity index (χ1) is 19.5. The molecule has 3 heteroatoms. The van der Waals surface area contributed by atoms with Crippen molar-refractivity contribution in [2.24, 2.45) is 0 Å². The minimum atomic E-state index is -0.282. The fourth-order valence-electron chi connectivity index (χ4n) is 5.70. The van der Waals surface area contributed by atoms with Gasteiger partial charge < -0.3 is 17.7 Å². The van der Waals surface area contributed by atoms with Crippen LogP contribution in [0.5, 0.6) is 0 Å². The molecule has 42 heavy (non-hydrogen) atoms. The Kier molecular flexibility index (Phi) is 10.2. The number of para-hydroxylation sites is 1. The summed E-state index contributed by atoms with van der Waals surface area (Å²) in [6.45, 7) is 9.01. The van der Waals surface area contributed by atoms with E-state index in [1.165, 1.54) is 38.2 Å². The van der Waals surface area contributed by atoms with E-state index in [4.69, 9.17) is 10.3 Å². The summed E-state index contributed by atoms with van der Waals surface area (Å²) in [6.07, 6.45) is 0. The molecular weight excluding hydrogens is 675 g/mol. The van der Waals surface area contributed by atoms with Gasteiger partial charge in [-0.25, -0.2) is 0 Å². The first kappa shape index (κ1) is 31.4. The van der Waals surface area contributed by atoms with Gasteiger partial charge >= 0.3 is 0 Å². The molecule has 0 saturated carbocycles. The minimum absolute atomic E-state index is 0. The van der Waals surface area contributed by atoms with Gasteiger partial charge in [0.1, 0.15) is 0 Å². The number of rotatable bonds is 7. The Bertz CT molecular complexity index is 1760. The molecule has 1 atom stereocenters. The Morgan fingerprint density at radius 2 is 1.24 bits per heavy atom. The smallest absolute Gasteiger partial charge is 0.0196 e. The van der Waals surface area contributed by atoms with Crippen LogP contribution in [0.4, 0.5) is 5.69 Å². The number of hydrogen-bond donors (Lipinski definition) is 0. The third-order valence-corrected chi connectivity index (χ3v) is 7.73. The van der Waals surface area contributed by atoms with E-state index in [0.717, 1.165) is 22.6 Å². The van der Waals surface area contributed by atoms with Crippen molar-refractivity contribution >= 4 is 27.2 Å². The Labute approximate surface area is 270 Å². The van der Waals surface area contributed by atoms with Gasteiger partial charge in [-0.05, 0) is 56.7 Å². The third kappa shape index (κ3) is 6.13. The number of hydrogen-bond acceptors (Lipinski definition) is 1. The summed E-state index contributed by atoms with van der Waals surface area (Å²) >= 11 is 0. The predicted octanol–water partition coefficient (Wildman–Crippen LogP) is 11.3. The Morgan fingerprint density at radius 1 is 0.619 bits per heavy atom. The fraction of sp³-hybridized carbons (Fsp3) is 0.179. The van der Waals surface area contributed by atoms with Crippen molar-refractivity contribution in [3.63, 3.8) is 0 Å². The van der Waals surface area contributed by atoms with Gasteiger partial charge in [0, 0.05) is 31.5 Å². The predicted molar refractivity (Wildman–Crippen MR) is 176 cm³/mol. The molecule has 0 bridgehead atoms. The number of nitrogens with zero attached hydrogens (tertiary/aromatic N) is 2. The van der Waals surface area contributed by atoms with E-state index in [-0.39, 0.29) is 39.3 Å². The minimum Gasteiger partial charge on any atom is -0.673 e. The van der Waals surface area contributed by atoms with Crippen molar-refractivity contribution in [2.75, 3.05) is 0 Å². The van der Waals surface area contributed by atoms with Crippen molar-refractivity contribution in [2.45, 2.75) is 45.6 Å². The zero-order valence-corrected chi connectivity index (χ0v) is 28.7. The number of aromatic nitrogens is 1. The normalized spacial score (nSPS) is 11.8. The molecule has 0 N–H and O–H groups in total. The summed E-state index contributed by atoms with van der Waals surface area (Å²) in [7, 11) is 0. The SMILES string of the molecule is CC(C)c1cccc(C(C)C)c1[N-]C(c1cccc(-c2[c-]cccc2)n1)c1cc2ccccc2c2ccccc12.[CH3-].[Hf]. The van der Waals surface area contributed by atoms with Gasteiger partial charge in [-0.15, -0.1) is 41.6 Å². The average molecular weight is 712 g/mol. The van der Waals surface area contributed by atoms with E-state index in [0.29, 0.717) is 11.8 Å². The molecule has 0 aliphatic carbocycles. The molecule has 6 rings (SSSR count). The first-order valence-electron chi connectivity index (χ1n) is 14.2. The second kappa shape index (κ2) is 13.6. The van der Waals surface area contributed by atoms with Gasteiger partial charge in [-0.2, -0.15) is 0 Å². The van der Waals surface area contributed by atoms with E-state index in [1.807, 2.05) is 18.2 Å². The van der Waals surface area contributed by atoms with Crippen LogP contribution in [0.1, 0.15) is 68.0 Å². The molecule has 0 spiro atoms. The number of benzene rings is 5. The molecule has 210 valence electrons. The molecule has 0 saturated heterocycles. The first-order valence-corrected chi connectivity index (χ1v) is 14.2. The zero-order chi connectivity index (χ0) is 27.6. The second-order valence-corrected chi connectivity index (χ2v) is 11.1. The summed E-state index contributed by atoms with van der Waals surface area (Å²) < 4.78 is 0. The molecule has 0 fully saturated rings. The van der Waals surface area contributed by atoms with Crippen LogP contribution in [0.15, 0.2) is 115 Å². The summed E-state index contributed by atoms with van der Waals surface area (Å²) in [5, 5.41) is 10.6. The topological polar surface area (TPSA) is 27.0 Å². The van der Waals surface area contributed by atoms with Gasteiger partial charge in [0.2, 0.25) is 0 Å². The molecule has 6 aromatic rings. The van der Waals surface area contributed by atoms with Crippen LogP contribution < -0.4 is 0 Å². The largest absolute Gasteiger partial charge is 0.673 e. The number of pyridine rings is 1. The molecule has 2 nitrogen and oxygen atoms in total. The molecule has 1 aromatic heterocycles. The number of fused-ring (bicyclic) bond motifs is 3. The summed E-state index contributed by atoms with van der Waals surface area (Å²) in [4.78, 5) is 5.23. The molecule has 1 heterocycles. The van der Waals surface area contributed by atoms with E-state index < -0.39 is 0 Å². The standard InChI is InChI=1S/C38H34N2.CH3.Hf/c1-25(2)29-20-12-21-30(26(3)4)37(29)40-38(36-23-13-22-35(39-36)27-14-6-5-7-15-27)34-24-28-16-8-9-17-31(28)32-18-10-11-19-33(32)34;;/h5-14,16-26,38H,1-4H3;1H3;/q-2;-1;. The van der Waals surface area contributed by atoms with Gasteiger partial charge in [0.15, 0.2) is 0 Å². The van der Waals surface area contributed by atoms with E-state index in [1.54, 1.807) is 0 Å². The molecule has 5 aromatic carbocycles. The maximum absolute atomic E-state index is 5.66. The molecular formula is C39H37HfN2-3. The zero-order valence-electron chi connectivity index (χ0n) is 25.1. The van der Waals surface area contributed by atoms with Crippen LogP contribution in [-0.4, -0.2) is 4.98 Å². The van der Waals surface area contributed by atoms with Crippen LogP contribution in [0.3, 0.4) is 0 Å². The summed E-state index contributed by atoms with van der Waals surface area (Å²) in [6, 6.07) is 43.7. The van der Waals surface area contributed by atoms with E-state index in [2.05, 4.69) is 131 Å². The van der Waals surface area contributed by atoms with Crippen LogP contribution >= 0.6 is 0 Å². The van der Waals surface area contributed by atoms with Crippen LogP contribution in [-0.2, 0) is 25.8 Å². The van der Waals surface area contributed by atoms with Gasteiger partial charge in [0.05, 0.1) is 0 Å². The van der Waals surface area contributed by atoms with Gasteiger partial charge in [-0.1, -0.05) is 124 Å². The second-order valence-electron chi connectivity index (χ2n) is 11.1. The summed E-state index contributed by atoms with van der Waals surface area (Å²) in [5.41, 5.74) is 7.63. The quantitative estimate of drug-likeness (QED) is 0.0920. The fourth-order valence-corrected chi connectivity index (χ4v) is 5.70. The molecule has 1 unspecified atom stereocenters. The van der Waals surface area contributed by atoms with Crippen LogP contribution in [0.2, 0.25) is 0 Å². The molecule has 0 aliphatic rings. The Morgan fingerprint density at radius 3 is 1.90 bits per heavy atom. The van der Waals surface area contributed by atoms with Crippen LogP contribution in [0, 0.1) is 13.5 Å². The third-order valence-electron chi connectivity index (χ3n) is 7.73. The molecule has 0 amide bonds. The maximum atomic E-state index is 5.66. The van der Waals surface area contributed by atoms with Gasteiger partial charge in [0.25, 0.3) is 0 Å². The monoisotopic (exact) mass is 713 g/mol. The Balaban J connectivity index is 0.00000202. The maximum Gasteiger partial charge on any atom is 0.0196 e. The van der Waals surface area contributed by atoms with Crippen LogP contribution in [0.25, 0.3) is 38.1 Å². The van der Waals surface area contributed by atoms with E-state index in [9.17, 15) is 0 Å². The van der Waals surface area contributed by atoms with Crippen molar-refractivity contribution in [1.82, 2.24) is 4.98 Å². The van der Waals surface area contributed by atoms with Gasteiger partial charge in [-0.3, -0.25) is 0 Å². The van der Waals surface area contributed by atoms with Crippen molar-refractivity contribution in [3.8, 4) is 11.3 Å². The Hall–Kier alpha value is -3.56. The average Bonchev–Trinajstić information content (AvgIpc) is 3.00. The summed E-state index contributed by atoms with van der Waals surface area (Å²) in [5.74, 6) is 0.703. The van der Waals surface area contributed by atoms with Crippen molar-refractivity contribution in [3.05, 3.63) is 156 Å². The molecule has 0 radical (unpaired) electrons. The van der Waals surface area contributed by atoms with Crippen molar-refractivity contribution < 1.29 is 25.8 Å².